The van der Waals surface area contributed by atoms with E-state index in [1.54, 1.807) is 6.33 Å². The van der Waals surface area contributed by atoms with Crippen LogP contribution in [0.2, 0.25) is 0 Å². The topological polar surface area (TPSA) is 81.7 Å². The summed E-state index contributed by atoms with van der Waals surface area (Å²) in [5.74, 6) is 2.53. The summed E-state index contributed by atoms with van der Waals surface area (Å²) in [6.45, 7) is 4.04. The lowest BCUT2D eigenvalue weighted by molar-refractivity contribution is 0.345. The largest absolute Gasteiger partial charge is 0.369 e. The van der Waals surface area contributed by atoms with Gasteiger partial charge in [0.25, 0.3) is 0 Å². The fourth-order valence-electron chi connectivity index (χ4n) is 3.37. The number of nitrogens with two attached hydrogens (primary N) is 1. The van der Waals surface area contributed by atoms with Gasteiger partial charge in [0.05, 0.1) is 0 Å². The molecule has 25 heavy (non-hydrogen) atoms. The molecule has 2 heterocycles. The molecular weight excluding hydrogens is 359 g/mol. The average molecular weight is 385 g/mol. The number of rotatable bonds is 6. The Morgan fingerprint density at radius 2 is 2.00 bits per heavy atom. The summed E-state index contributed by atoms with van der Waals surface area (Å²) in [6.07, 6.45) is 10.2. The van der Waals surface area contributed by atoms with Gasteiger partial charge >= 0.3 is 0 Å². The van der Waals surface area contributed by atoms with E-state index >= 15 is 0 Å². The Balaban J connectivity index is 0.00000113. The minimum absolute atomic E-state index is 0. The van der Waals surface area contributed by atoms with Crippen LogP contribution in [0.25, 0.3) is 0 Å². The fraction of sp³-hybridized carbons (Fsp3) is 0.588. The molecule has 3 N–H and O–H groups in total. The van der Waals surface area contributed by atoms with Gasteiger partial charge in [0.15, 0.2) is 0 Å². The quantitative estimate of drug-likeness (QED) is 0.799. The van der Waals surface area contributed by atoms with Crippen LogP contribution in [0.1, 0.15) is 43.1 Å². The Morgan fingerprint density at radius 3 is 2.60 bits per heavy atom. The van der Waals surface area contributed by atoms with Crippen molar-refractivity contribution in [1.29, 1.82) is 0 Å². The van der Waals surface area contributed by atoms with E-state index in [1.165, 1.54) is 12.8 Å². The summed E-state index contributed by atoms with van der Waals surface area (Å²) in [6, 6.07) is 2.44. The van der Waals surface area contributed by atoms with E-state index < -0.39 is 0 Å². The minimum atomic E-state index is 0. The van der Waals surface area contributed by atoms with E-state index in [0.717, 1.165) is 43.3 Å². The van der Waals surface area contributed by atoms with Crippen LogP contribution in [0.4, 0.5) is 5.82 Å². The molecule has 8 heteroatoms. The number of hydrogen-bond donors (Lipinski definition) is 2. The molecule has 2 fully saturated rings. The van der Waals surface area contributed by atoms with Crippen LogP contribution in [-0.2, 0) is 6.54 Å². The maximum absolute atomic E-state index is 5.88. The molecule has 2 aromatic rings. The van der Waals surface area contributed by atoms with Gasteiger partial charge in [0.1, 0.15) is 18.0 Å². The predicted molar refractivity (Wildman–Crippen MR) is 104 cm³/mol. The normalized spacial score (nSPS) is 23.0. The van der Waals surface area contributed by atoms with Crippen LogP contribution in [0, 0.1) is 12.3 Å². The maximum Gasteiger partial charge on any atom is 0.129 e. The molecule has 0 aliphatic heterocycles. The van der Waals surface area contributed by atoms with Crippen LogP contribution in [0.5, 0.6) is 0 Å². The molecule has 0 aromatic carbocycles. The number of aromatic nitrogens is 4. The first-order chi connectivity index (χ1) is 11.1. The lowest BCUT2D eigenvalue weighted by Gasteiger charge is -2.31. The molecule has 2 saturated carbocycles. The van der Waals surface area contributed by atoms with Crippen LogP contribution in [0.3, 0.4) is 0 Å². The molecule has 0 amide bonds. The highest BCUT2D eigenvalue weighted by atomic mass is 35.5. The van der Waals surface area contributed by atoms with Crippen molar-refractivity contribution >= 4 is 30.6 Å². The van der Waals surface area contributed by atoms with Gasteiger partial charge in [-0.3, -0.25) is 0 Å². The van der Waals surface area contributed by atoms with E-state index in [-0.39, 0.29) is 24.8 Å². The molecule has 0 bridgehead atoms. The SMILES string of the molecule is Cc1nccn1CC1(CNc2cc(C3CC(N)C3)ncn2)CC1.Cl.Cl. The van der Waals surface area contributed by atoms with Crippen molar-refractivity contribution < 1.29 is 0 Å². The molecule has 6 nitrogen and oxygen atoms in total. The monoisotopic (exact) mass is 384 g/mol. The lowest BCUT2D eigenvalue weighted by atomic mass is 9.78. The number of halogens is 2. The van der Waals surface area contributed by atoms with E-state index in [1.807, 2.05) is 6.20 Å². The molecule has 138 valence electrons. The predicted octanol–water partition coefficient (Wildman–Crippen LogP) is 2.92. The van der Waals surface area contributed by atoms with Crippen molar-refractivity contribution in [1.82, 2.24) is 19.5 Å². The van der Waals surface area contributed by atoms with E-state index in [2.05, 4.69) is 44.0 Å². The van der Waals surface area contributed by atoms with Crippen LogP contribution in [-0.4, -0.2) is 32.1 Å². The molecule has 4 rings (SSSR count). The highest BCUT2D eigenvalue weighted by molar-refractivity contribution is 5.85. The number of anilines is 1. The first-order valence-corrected chi connectivity index (χ1v) is 8.43. The molecule has 0 radical (unpaired) electrons. The molecule has 2 aromatic heterocycles. The molecule has 0 spiro atoms. The van der Waals surface area contributed by atoms with Crippen molar-refractivity contribution in [2.75, 3.05) is 11.9 Å². The molecular formula is C17H26Cl2N6. The van der Waals surface area contributed by atoms with Gasteiger partial charge in [-0.2, -0.15) is 0 Å². The standard InChI is InChI=1S/C17H24N6.2ClH/c1-12-19-4-5-23(12)10-17(2-3-17)9-20-16-8-15(21-11-22-16)13-6-14(18)7-13;;/h4-5,8,11,13-14H,2-3,6-7,9-10,18H2,1H3,(H,20,21,22);2*1H. The first-order valence-electron chi connectivity index (χ1n) is 8.43. The maximum atomic E-state index is 5.88. The van der Waals surface area contributed by atoms with Crippen molar-refractivity contribution in [3.05, 3.63) is 36.3 Å². The van der Waals surface area contributed by atoms with Gasteiger partial charge in [-0.1, -0.05) is 0 Å². The van der Waals surface area contributed by atoms with Gasteiger partial charge in [-0.05, 0) is 32.6 Å². The van der Waals surface area contributed by atoms with E-state index in [9.17, 15) is 0 Å². The van der Waals surface area contributed by atoms with Gasteiger partial charge in [0.2, 0.25) is 0 Å². The van der Waals surface area contributed by atoms with Gasteiger partial charge < -0.3 is 15.6 Å². The van der Waals surface area contributed by atoms with Gasteiger partial charge in [-0.15, -0.1) is 24.8 Å². The second-order valence-corrected chi connectivity index (χ2v) is 7.21. The van der Waals surface area contributed by atoms with Crippen LogP contribution >= 0.6 is 24.8 Å². The lowest BCUT2D eigenvalue weighted by Crippen LogP contribution is -2.35. The number of nitrogens with one attached hydrogen (secondary N) is 1. The minimum Gasteiger partial charge on any atom is -0.369 e. The molecule has 0 atom stereocenters. The summed E-state index contributed by atoms with van der Waals surface area (Å²) < 4.78 is 2.25. The Morgan fingerprint density at radius 1 is 1.24 bits per heavy atom. The molecule has 0 unspecified atom stereocenters. The molecule has 0 saturated heterocycles. The Bertz CT molecular complexity index is 694. The zero-order chi connectivity index (χ0) is 15.9. The van der Waals surface area contributed by atoms with Gasteiger partial charge in [0, 0.05) is 54.6 Å². The number of imidazole rings is 1. The smallest absolute Gasteiger partial charge is 0.129 e. The summed E-state index contributed by atoms with van der Waals surface area (Å²) in [7, 11) is 0. The van der Waals surface area contributed by atoms with Crippen molar-refractivity contribution in [3.8, 4) is 0 Å². The number of aryl methyl sites for hydroxylation is 1. The van der Waals surface area contributed by atoms with E-state index in [0.29, 0.717) is 17.4 Å². The molecule has 2 aliphatic carbocycles. The highest BCUT2D eigenvalue weighted by Crippen LogP contribution is 2.47. The Labute approximate surface area is 160 Å². The Kier molecular flexibility index (Phi) is 6.30. The van der Waals surface area contributed by atoms with Crippen molar-refractivity contribution in [2.24, 2.45) is 11.1 Å². The summed E-state index contributed by atoms with van der Waals surface area (Å²) in [4.78, 5) is 13.1. The zero-order valence-corrected chi connectivity index (χ0v) is 16.0. The summed E-state index contributed by atoms with van der Waals surface area (Å²) in [5.41, 5.74) is 7.35. The number of nitrogens with zero attached hydrogens (tertiary/aromatic N) is 4. The second kappa shape index (κ2) is 7.89. The third kappa shape index (κ3) is 4.43. The summed E-state index contributed by atoms with van der Waals surface area (Å²) >= 11 is 0. The third-order valence-electron chi connectivity index (χ3n) is 5.31. The highest BCUT2D eigenvalue weighted by Gasteiger charge is 2.43. The third-order valence-corrected chi connectivity index (χ3v) is 5.31. The second-order valence-electron chi connectivity index (χ2n) is 7.21. The van der Waals surface area contributed by atoms with Crippen molar-refractivity contribution in [2.45, 2.75) is 51.1 Å². The van der Waals surface area contributed by atoms with Gasteiger partial charge in [-0.25, -0.2) is 15.0 Å². The fourth-order valence-corrected chi connectivity index (χ4v) is 3.37. The zero-order valence-electron chi connectivity index (χ0n) is 14.4. The summed E-state index contributed by atoms with van der Waals surface area (Å²) in [5, 5.41) is 3.52. The van der Waals surface area contributed by atoms with Crippen molar-refractivity contribution in [3.63, 3.8) is 0 Å². The van der Waals surface area contributed by atoms with E-state index in [4.69, 9.17) is 5.73 Å². The first kappa shape index (κ1) is 19.9. The Hall–Kier alpha value is -1.37. The number of hydrogen-bond acceptors (Lipinski definition) is 5. The average Bonchev–Trinajstić information content (AvgIpc) is 3.18. The van der Waals surface area contributed by atoms with Crippen LogP contribution in [0.15, 0.2) is 24.8 Å². The molecule has 2 aliphatic rings. The van der Waals surface area contributed by atoms with Crippen LogP contribution < -0.4 is 11.1 Å².